The van der Waals surface area contributed by atoms with E-state index < -0.39 is 18.3 Å². The van der Waals surface area contributed by atoms with Crippen LogP contribution in [-0.4, -0.2) is 45.7 Å². The molecule has 2 heterocycles. The normalized spacial score (nSPS) is 18.3. The number of likely N-dealkylation sites (tertiary alicyclic amines) is 1. The van der Waals surface area contributed by atoms with Crippen molar-refractivity contribution in [2.24, 2.45) is 0 Å². The van der Waals surface area contributed by atoms with Gasteiger partial charge >= 0.3 is 0 Å². The molecule has 188 valence electrons. The Kier molecular flexibility index (Phi) is 7.93. The lowest BCUT2D eigenvalue weighted by molar-refractivity contribution is -0.138. The second-order valence-electron chi connectivity index (χ2n) is 9.48. The van der Waals surface area contributed by atoms with Crippen LogP contribution in [0.4, 0.5) is 4.39 Å². The third-order valence-corrected chi connectivity index (χ3v) is 6.56. The number of aryl methyl sites for hydroxylation is 1. The predicted octanol–water partition coefficient (Wildman–Crippen LogP) is 3.67. The standard InChI is InChI=1S/C28H31FN4O3/c1-18(2)19-8-10-21(11-9-19)27(20-6-4-3-5-7-20)30-28(36)24-16-22(29)17-33(24)26(35)15-13-23-12-14-25(34)32-31-23/h3-12,14,18,22,24,27H,13,15-17H2,1-2H3,(H,30,36)(H,32,34)/t22-,24+,27+/m1/s1. The zero-order valence-electron chi connectivity index (χ0n) is 20.5. The first kappa shape index (κ1) is 25.3. The predicted molar refractivity (Wildman–Crippen MR) is 135 cm³/mol. The van der Waals surface area contributed by atoms with Crippen molar-refractivity contribution in [2.45, 2.75) is 57.3 Å². The second kappa shape index (κ2) is 11.3. The summed E-state index contributed by atoms with van der Waals surface area (Å²) in [4.78, 5) is 38.9. The van der Waals surface area contributed by atoms with E-state index in [2.05, 4.69) is 41.5 Å². The number of aromatic nitrogens is 2. The maximum atomic E-state index is 14.4. The minimum Gasteiger partial charge on any atom is -0.343 e. The van der Waals surface area contributed by atoms with Crippen molar-refractivity contribution in [1.82, 2.24) is 20.4 Å². The molecule has 3 aromatic rings. The number of H-pyrrole nitrogens is 1. The Bertz CT molecular complexity index is 1220. The molecule has 0 saturated carbocycles. The van der Waals surface area contributed by atoms with E-state index in [1.54, 1.807) is 6.07 Å². The molecule has 2 amide bonds. The number of carbonyl (C=O) groups excluding carboxylic acids is 2. The molecule has 1 fully saturated rings. The minimum absolute atomic E-state index is 0.0394. The average Bonchev–Trinajstić information content (AvgIpc) is 3.29. The summed E-state index contributed by atoms with van der Waals surface area (Å²) in [7, 11) is 0. The number of rotatable bonds is 8. The molecule has 4 rings (SSSR count). The van der Waals surface area contributed by atoms with Crippen molar-refractivity contribution in [2.75, 3.05) is 6.54 Å². The molecule has 0 bridgehead atoms. The molecule has 8 heteroatoms. The highest BCUT2D eigenvalue weighted by molar-refractivity contribution is 5.89. The summed E-state index contributed by atoms with van der Waals surface area (Å²) in [5.74, 6) is -0.317. The van der Waals surface area contributed by atoms with Gasteiger partial charge in [0.15, 0.2) is 0 Å². The van der Waals surface area contributed by atoms with Crippen LogP contribution < -0.4 is 10.9 Å². The zero-order valence-corrected chi connectivity index (χ0v) is 20.5. The van der Waals surface area contributed by atoms with Crippen molar-refractivity contribution in [1.29, 1.82) is 0 Å². The molecule has 0 unspecified atom stereocenters. The number of aromatic amines is 1. The molecule has 0 aliphatic carbocycles. The monoisotopic (exact) mass is 490 g/mol. The van der Waals surface area contributed by atoms with Crippen molar-refractivity contribution in [3.05, 3.63) is 99.5 Å². The van der Waals surface area contributed by atoms with Crippen LogP contribution in [0.5, 0.6) is 0 Å². The molecule has 2 N–H and O–H groups in total. The number of nitrogens with zero attached hydrogens (tertiary/aromatic N) is 2. The average molecular weight is 491 g/mol. The molecule has 0 radical (unpaired) electrons. The number of benzene rings is 2. The van der Waals surface area contributed by atoms with Gasteiger partial charge in [0, 0.05) is 25.3 Å². The molecule has 1 saturated heterocycles. The minimum atomic E-state index is -1.27. The third-order valence-electron chi connectivity index (χ3n) is 6.56. The first-order chi connectivity index (χ1) is 17.3. The van der Waals surface area contributed by atoms with Gasteiger partial charge in [0.2, 0.25) is 11.8 Å². The smallest absolute Gasteiger partial charge is 0.264 e. The molecule has 0 spiro atoms. The fourth-order valence-corrected chi connectivity index (χ4v) is 4.52. The van der Waals surface area contributed by atoms with Crippen LogP contribution >= 0.6 is 0 Å². The Balaban J connectivity index is 1.50. The van der Waals surface area contributed by atoms with E-state index in [0.29, 0.717) is 11.6 Å². The van der Waals surface area contributed by atoms with Gasteiger partial charge in [-0.25, -0.2) is 9.49 Å². The molecule has 3 atom stereocenters. The summed E-state index contributed by atoms with van der Waals surface area (Å²) in [6.45, 7) is 4.13. The van der Waals surface area contributed by atoms with Crippen LogP contribution in [0.2, 0.25) is 0 Å². The molecule has 1 aromatic heterocycles. The van der Waals surface area contributed by atoms with Gasteiger partial charge in [0.1, 0.15) is 12.2 Å². The summed E-state index contributed by atoms with van der Waals surface area (Å²) in [6, 6.07) is 19.3. The maximum Gasteiger partial charge on any atom is 0.264 e. The lowest BCUT2D eigenvalue weighted by Crippen LogP contribution is -2.47. The van der Waals surface area contributed by atoms with Gasteiger partial charge in [0.05, 0.1) is 18.3 Å². The zero-order chi connectivity index (χ0) is 25.7. The van der Waals surface area contributed by atoms with Crippen molar-refractivity contribution < 1.29 is 14.0 Å². The van der Waals surface area contributed by atoms with E-state index in [4.69, 9.17) is 0 Å². The fourth-order valence-electron chi connectivity index (χ4n) is 4.52. The van der Waals surface area contributed by atoms with Gasteiger partial charge in [-0.05, 0) is 28.7 Å². The highest BCUT2D eigenvalue weighted by Crippen LogP contribution is 2.27. The fraction of sp³-hybridized carbons (Fsp3) is 0.357. The van der Waals surface area contributed by atoms with Crippen molar-refractivity contribution in [3.8, 4) is 0 Å². The Morgan fingerprint density at radius 3 is 2.33 bits per heavy atom. The first-order valence-electron chi connectivity index (χ1n) is 12.2. The molecule has 7 nitrogen and oxygen atoms in total. The van der Waals surface area contributed by atoms with Gasteiger partial charge in [-0.1, -0.05) is 68.4 Å². The Hall–Kier alpha value is -3.81. The van der Waals surface area contributed by atoms with Gasteiger partial charge < -0.3 is 10.2 Å². The van der Waals surface area contributed by atoms with E-state index in [0.717, 1.165) is 11.1 Å². The number of carbonyl (C=O) groups is 2. The van der Waals surface area contributed by atoms with Crippen LogP contribution in [0, 0.1) is 0 Å². The summed E-state index contributed by atoms with van der Waals surface area (Å²) in [5.41, 5.74) is 3.24. The van der Waals surface area contributed by atoms with Crippen LogP contribution in [0.3, 0.4) is 0 Å². The molecule has 1 aliphatic heterocycles. The number of alkyl halides is 1. The Labute approximate surface area is 209 Å². The molecular formula is C28H31FN4O3. The topological polar surface area (TPSA) is 95.2 Å². The molecular weight excluding hydrogens is 459 g/mol. The lowest BCUT2D eigenvalue weighted by atomic mass is 9.95. The number of halogens is 1. The van der Waals surface area contributed by atoms with E-state index in [-0.39, 0.29) is 43.2 Å². The SMILES string of the molecule is CC(C)c1ccc([C@@H](NC(=O)[C@@H]2C[C@@H](F)CN2C(=O)CCc2ccc(=O)[nH]n2)c2ccccc2)cc1. The van der Waals surface area contributed by atoms with Crippen LogP contribution in [0.15, 0.2) is 71.5 Å². The summed E-state index contributed by atoms with van der Waals surface area (Å²) in [5, 5.41) is 9.32. The van der Waals surface area contributed by atoms with Crippen LogP contribution in [-0.2, 0) is 16.0 Å². The summed E-state index contributed by atoms with van der Waals surface area (Å²) in [6.07, 6.45) is -0.959. The van der Waals surface area contributed by atoms with Crippen molar-refractivity contribution >= 4 is 11.8 Å². The van der Waals surface area contributed by atoms with E-state index in [1.165, 1.54) is 16.5 Å². The van der Waals surface area contributed by atoms with Gasteiger partial charge in [-0.15, -0.1) is 0 Å². The van der Waals surface area contributed by atoms with Crippen LogP contribution in [0.25, 0.3) is 0 Å². The highest BCUT2D eigenvalue weighted by Gasteiger charge is 2.40. The van der Waals surface area contributed by atoms with Crippen molar-refractivity contribution in [3.63, 3.8) is 0 Å². The Morgan fingerprint density at radius 2 is 1.69 bits per heavy atom. The molecule has 2 aromatic carbocycles. The van der Waals surface area contributed by atoms with E-state index in [9.17, 15) is 18.8 Å². The quantitative estimate of drug-likeness (QED) is 0.504. The summed E-state index contributed by atoms with van der Waals surface area (Å²) >= 11 is 0. The Morgan fingerprint density at radius 1 is 1.03 bits per heavy atom. The number of amides is 2. The lowest BCUT2D eigenvalue weighted by Gasteiger charge is -2.27. The number of hydrogen-bond acceptors (Lipinski definition) is 4. The summed E-state index contributed by atoms with van der Waals surface area (Å²) < 4.78 is 14.4. The third kappa shape index (κ3) is 6.05. The maximum absolute atomic E-state index is 14.4. The van der Waals surface area contributed by atoms with Gasteiger partial charge in [0.25, 0.3) is 5.56 Å². The molecule has 36 heavy (non-hydrogen) atoms. The largest absolute Gasteiger partial charge is 0.343 e. The first-order valence-corrected chi connectivity index (χ1v) is 12.2. The number of hydrogen-bond donors (Lipinski definition) is 2. The van der Waals surface area contributed by atoms with Crippen LogP contribution in [0.1, 0.15) is 61.0 Å². The van der Waals surface area contributed by atoms with Gasteiger partial charge in [-0.3, -0.25) is 14.4 Å². The second-order valence-corrected chi connectivity index (χ2v) is 9.48. The van der Waals surface area contributed by atoms with E-state index in [1.807, 2.05) is 42.5 Å². The molecule has 1 aliphatic rings. The number of nitrogens with one attached hydrogen (secondary N) is 2. The van der Waals surface area contributed by atoms with Gasteiger partial charge in [-0.2, -0.15) is 5.10 Å². The highest BCUT2D eigenvalue weighted by atomic mass is 19.1. The van der Waals surface area contributed by atoms with E-state index >= 15 is 0 Å².